The number of nitrogens with zero attached hydrogens (tertiary/aromatic N) is 1. The summed E-state index contributed by atoms with van der Waals surface area (Å²) in [5.74, 6) is 0. The number of rotatable bonds is 2. The van der Waals surface area contributed by atoms with Crippen molar-refractivity contribution < 1.29 is 0 Å². The van der Waals surface area contributed by atoms with E-state index in [2.05, 4.69) is 23.1 Å². The molecule has 2 N–H and O–H groups in total. The number of hydrogen-bond acceptors (Lipinski definition) is 2. The van der Waals surface area contributed by atoms with E-state index in [0.29, 0.717) is 0 Å². The molecule has 0 atom stereocenters. The summed E-state index contributed by atoms with van der Waals surface area (Å²) in [6, 6.07) is 14.3. The molecule has 0 aliphatic carbocycles. The first-order chi connectivity index (χ1) is 9.22. The van der Waals surface area contributed by atoms with E-state index in [9.17, 15) is 0 Å². The van der Waals surface area contributed by atoms with Gasteiger partial charge in [-0.3, -0.25) is 0 Å². The summed E-state index contributed by atoms with van der Waals surface area (Å²) in [6.07, 6.45) is 2.30. The second-order valence-electron chi connectivity index (χ2n) is 5.04. The molecule has 19 heavy (non-hydrogen) atoms. The first-order valence-electron chi connectivity index (χ1n) is 6.60. The van der Waals surface area contributed by atoms with Crippen LogP contribution in [0.25, 0.3) is 0 Å². The molecule has 3 heteroatoms. The second-order valence-corrected chi connectivity index (χ2v) is 5.48. The molecule has 2 aromatic rings. The fraction of sp³-hybridized carbons (Fsp3) is 0.250. The summed E-state index contributed by atoms with van der Waals surface area (Å²) >= 11 is 6.05. The van der Waals surface area contributed by atoms with Gasteiger partial charge in [-0.2, -0.15) is 0 Å². The maximum atomic E-state index is 6.05. The molecule has 98 valence electrons. The Kier molecular flexibility index (Phi) is 3.34. The Labute approximate surface area is 118 Å². The molecule has 2 aromatic carbocycles. The summed E-state index contributed by atoms with van der Waals surface area (Å²) < 4.78 is 0. The van der Waals surface area contributed by atoms with Crippen LogP contribution < -0.4 is 10.6 Å². The van der Waals surface area contributed by atoms with Gasteiger partial charge in [-0.15, -0.1) is 0 Å². The molecular formula is C16H17ClN2. The van der Waals surface area contributed by atoms with Crippen molar-refractivity contribution >= 4 is 23.0 Å². The van der Waals surface area contributed by atoms with Crippen LogP contribution in [0.4, 0.5) is 11.4 Å². The number of nitrogen functional groups attached to an aromatic ring is 1. The molecule has 0 saturated carbocycles. The maximum absolute atomic E-state index is 6.05. The van der Waals surface area contributed by atoms with E-state index in [4.69, 9.17) is 17.3 Å². The van der Waals surface area contributed by atoms with Crippen molar-refractivity contribution in [3.8, 4) is 0 Å². The summed E-state index contributed by atoms with van der Waals surface area (Å²) in [5, 5.41) is 0.798. The zero-order valence-corrected chi connectivity index (χ0v) is 11.5. The third-order valence-electron chi connectivity index (χ3n) is 3.58. The van der Waals surface area contributed by atoms with Gasteiger partial charge < -0.3 is 10.6 Å². The third kappa shape index (κ3) is 2.69. The van der Waals surface area contributed by atoms with Gasteiger partial charge >= 0.3 is 0 Å². The lowest BCUT2D eigenvalue weighted by Crippen LogP contribution is -2.28. The van der Waals surface area contributed by atoms with E-state index >= 15 is 0 Å². The Balaban J connectivity index is 1.87. The van der Waals surface area contributed by atoms with Crippen LogP contribution in [0.2, 0.25) is 5.02 Å². The Bertz CT molecular complexity index is 595. The Morgan fingerprint density at radius 3 is 2.89 bits per heavy atom. The number of benzene rings is 2. The molecule has 0 fully saturated rings. The normalized spacial score (nSPS) is 14.3. The van der Waals surface area contributed by atoms with Gasteiger partial charge in [-0.25, -0.2) is 0 Å². The minimum Gasteiger partial charge on any atom is -0.399 e. The minimum absolute atomic E-state index is 0.798. The lowest BCUT2D eigenvalue weighted by Gasteiger charge is -2.31. The smallest absolute Gasteiger partial charge is 0.0430 e. The molecule has 1 aliphatic heterocycles. The van der Waals surface area contributed by atoms with Crippen molar-refractivity contribution in [1.82, 2.24) is 0 Å². The first-order valence-corrected chi connectivity index (χ1v) is 6.98. The van der Waals surface area contributed by atoms with Crippen LogP contribution in [-0.2, 0) is 13.0 Å². The molecule has 0 bridgehead atoms. The summed E-state index contributed by atoms with van der Waals surface area (Å²) in [4.78, 5) is 2.41. The van der Waals surface area contributed by atoms with Crippen LogP contribution in [0.5, 0.6) is 0 Å². The van der Waals surface area contributed by atoms with Crippen molar-refractivity contribution in [1.29, 1.82) is 0 Å². The highest BCUT2D eigenvalue weighted by Gasteiger charge is 2.16. The molecule has 0 aromatic heterocycles. The highest BCUT2D eigenvalue weighted by molar-refractivity contribution is 6.30. The standard InChI is InChI=1S/C16H17ClN2/c17-14-5-1-3-12(9-14)11-19-8-2-4-13-10-15(18)6-7-16(13)19/h1,3,5-7,9-10H,2,4,8,11,18H2. The Morgan fingerprint density at radius 2 is 2.05 bits per heavy atom. The SMILES string of the molecule is Nc1ccc2c(c1)CCCN2Cc1cccc(Cl)c1. The summed E-state index contributed by atoms with van der Waals surface area (Å²) in [6.45, 7) is 1.99. The van der Waals surface area contributed by atoms with Gasteiger partial charge in [-0.05, 0) is 54.3 Å². The molecule has 0 unspecified atom stereocenters. The minimum atomic E-state index is 0.798. The highest BCUT2D eigenvalue weighted by atomic mass is 35.5. The lowest BCUT2D eigenvalue weighted by molar-refractivity contribution is 0.691. The molecule has 0 spiro atoms. The van der Waals surface area contributed by atoms with Crippen molar-refractivity contribution in [3.05, 3.63) is 58.6 Å². The Morgan fingerprint density at radius 1 is 1.16 bits per heavy atom. The number of anilines is 2. The van der Waals surface area contributed by atoms with Gasteiger partial charge in [0.25, 0.3) is 0 Å². The summed E-state index contributed by atoms with van der Waals surface area (Å²) in [5.41, 5.74) is 10.6. The zero-order chi connectivity index (χ0) is 13.2. The second kappa shape index (κ2) is 5.14. The predicted molar refractivity (Wildman–Crippen MR) is 81.7 cm³/mol. The number of halogens is 1. The highest BCUT2D eigenvalue weighted by Crippen LogP contribution is 2.30. The average Bonchev–Trinajstić information content (AvgIpc) is 2.38. The largest absolute Gasteiger partial charge is 0.399 e. The molecule has 3 rings (SSSR count). The quantitative estimate of drug-likeness (QED) is 0.841. The molecule has 2 nitrogen and oxygen atoms in total. The van der Waals surface area contributed by atoms with E-state index in [-0.39, 0.29) is 0 Å². The van der Waals surface area contributed by atoms with Crippen molar-refractivity contribution in [2.45, 2.75) is 19.4 Å². The van der Waals surface area contributed by atoms with Crippen LogP contribution in [0, 0.1) is 0 Å². The van der Waals surface area contributed by atoms with E-state index < -0.39 is 0 Å². The monoisotopic (exact) mass is 272 g/mol. The van der Waals surface area contributed by atoms with Crippen LogP contribution in [0.15, 0.2) is 42.5 Å². The van der Waals surface area contributed by atoms with Crippen molar-refractivity contribution in [2.24, 2.45) is 0 Å². The van der Waals surface area contributed by atoms with Gasteiger partial charge in [0.1, 0.15) is 0 Å². The number of aryl methyl sites for hydroxylation is 1. The van der Waals surface area contributed by atoms with E-state index in [1.165, 1.54) is 23.2 Å². The lowest BCUT2D eigenvalue weighted by atomic mass is 10.0. The van der Waals surface area contributed by atoms with Crippen molar-refractivity contribution in [2.75, 3.05) is 17.2 Å². The van der Waals surface area contributed by atoms with Gasteiger partial charge in [0.05, 0.1) is 0 Å². The van der Waals surface area contributed by atoms with Crippen molar-refractivity contribution in [3.63, 3.8) is 0 Å². The molecule has 0 radical (unpaired) electrons. The van der Waals surface area contributed by atoms with E-state index in [0.717, 1.165) is 30.2 Å². The predicted octanol–water partition coefficient (Wildman–Crippen LogP) is 3.88. The fourth-order valence-corrected chi connectivity index (χ4v) is 2.93. The van der Waals surface area contributed by atoms with E-state index in [1.807, 2.05) is 24.3 Å². The zero-order valence-electron chi connectivity index (χ0n) is 10.8. The van der Waals surface area contributed by atoms with Crippen LogP contribution in [-0.4, -0.2) is 6.54 Å². The van der Waals surface area contributed by atoms with Gasteiger partial charge in [0.15, 0.2) is 0 Å². The first kappa shape index (κ1) is 12.4. The van der Waals surface area contributed by atoms with Crippen LogP contribution in [0.3, 0.4) is 0 Å². The molecule has 1 heterocycles. The average molecular weight is 273 g/mol. The van der Waals surface area contributed by atoms with Crippen LogP contribution >= 0.6 is 11.6 Å². The van der Waals surface area contributed by atoms with Gasteiger partial charge in [0, 0.05) is 29.5 Å². The maximum Gasteiger partial charge on any atom is 0.0430 e. The molecular weight excluding hydrogens is 256 g/mol. The van der Waals surface area contributed by atoms with Crippen LogP contribution in [0.1, 0.15) is 17.5 Å². The molecule has 0 amide bonds. The van der Waals surface area contributed by atoms with E-state index in [1.54, 1.807) is 0 Å². The topological polar surface area (TPSA) is 29.3 Å². The van der Waals surface area contributed by atoms with Gasteiger partial charge in [-0.1, -0.05) is 23.7 Å². The number of hydrogen-bond donors (Lipinski definition) is 1. The number of nitrogens with two attached hydrogens (primary N) is 1. The summed E-state index contributed by atoms with van der Waals surface area (Å²) in [7, 11) is 0. The third-order valence-corrected chi connectivity index (χ3v) is 3.82. The Hall–Kier alpha value is -1.67. The molecule has 1 aliphatic rings. The number of fused-ring (bicyclic) bond motifs is 1. The molecule has 0 saturated heterocycles. The van der Waals surface area contributed by atoms with Gasteiger partial charge in [0.2, 0.25) is 0 Å². The fourth-order valence-electron chi connectivity index (χ4n) is 2.71.